The number of carbonyl (C=O) groups is 3. The Morgan fingerprint density at radius 1 is 0.241 bits per heavy atom. The average molecular weight is 1140 g/mol. The highest BCUT2D eigenvalue weighted by molar-refractivity contribution is 5.71. The van der Waals surface area contributed by atoms with Crippen LogP contribution in [0, 0.1) is 0 Å². The predicted octanol–water partition coefficient (Wildman–Crippen LogP) is 22.8. The van der Waals surface area contributed by atoms with Gasteiger partial charge in [-0.2, -0.15) is 0 Å². The van der Waals surface area contributed by atoms with Crippen molar-refractivity contribution >= 4 is 17.9 Å². The largest absolute Gasteiger partial charge is 0.462 e. The Hall–Kier alpha value is -6.01. The van der Waals surface area contributed by atoms with Crippen molar-refractivity contribution in [2.75, 3.05) is 13.2 Å². The van der Waals surface area contributed by atoms with Crippen LogP contribution in [-0.2, 0) is 28.6 Å². The molecule has 0 N–H and O–H groups in total. The first-order valence-corrected chi connectivity index (χ1v) is 32.6. The van der Waals surface area contributed by atoms with Gasteiger partial charge in [0.1, 0.15) is 13.2 Å². The molecule has 0 aromatic carbocycles. The van der Waals surface area contributed by atoms with Gasteiger partial charge in [-0.3, -0.25) is 14.4 Å². The normalized spacial score (nSPS) is 13.5. The molecule has 460 valence electrons. The van der Waals surface area contributed by atoms with Crippen LogP contribution in [0.4, 0.5) is 0 Å². The molecule has 0 aliphatic carbocycles. The first-order chi connectivity index (χ1) is 41.0. The Bertz CT molecular complexity index is 2030. The average Bonchev–Trinajstić information content (AvgIpc) is 3.49. The van der Waals surface area contributed by atoms with Crippen LogP contribution in [0.3, 0.4) is 0 Å². The third-order valence-electron chi connectivity index (χ3n) is 12.8. The monoisotopic (exact) mass is 1140 g/mol. The van der Waals surface area contributed by atoms with E-state index >= 15 is 0 Å². The second-order valence-electron chi connectivity index (χ2n) is 20.5. The van der Waals surface area contributed by atoms with E-state index in [2.05, 4.69) is 227 Å². The molecule has 0 heterocycles. The summed E-state index contributed by atoms with van der Waals surface area (Å²) < 4.78 is 16.9. The maximum atomic E-state index is 12.9. The van der Waals surface area contributed by atoms with Crippen molar-refractivity contribution in [1.82, 2.24) is 0 Å². The van der Waals surface area contributed by atoms with Gasteiger partial charge in [-0.15, -0.1) is 0 Å². The van der Waals surface area contributed by atoms with Gasteiger partial charge in [0.25, 0.3) is 0 Å². The molecular weight excluding hydrogens is 1020 g/mol. The molecule has 0 spiro atoms. The molecule has 0 bridgehead atoms. The van der Waals surface area contributed by atoms with Gasteiger partial charge in [0.15, 0.2) is 6.10 Å². The predicted molar refractivity (Wildman–Crippen MR) is 361 cm³/mol. The minimum absolute atomic E-state index is 0.129. The number of unbranched alkanes of at least 4 members (excludes halogenated alkanes) is 11. The van der Waals surface area contributed by atoms with Crippen LogP contribution in [0.5, 0.6) is 0 Å². The highest BCUT2D eigenvalue weighted by Crippen LogP contribution is 2.13. The highest BCUT2D eigenvalue weighted by atomic mass is 16.6. The van der Waals surface area contributed by atoms with Crippen molar-refractivity contribution in [1.29, 1.82) is 0 Å². The molecule has 0 fully saturated rings. The van der Waals surface area contributed by atoms with Crippen LogP contribution in [0.2, 0.25) is 0 Å². The SMILES string of the molecule is CC/C=C\C/C=C\C/C=C\C/C=C\C/C=C\C/C=C\C/C=C\CCCC(=O)OC(COC(=O)CCCCCC/C=C\C/C=C\C/C=C\C/C=C\CC)COC(=O)CCCCCCCC/C=C\C/C=C\C/C=C\C/C=C\C/C=C\C/C=C\CC. The zero-order valence-electron chi connectivity index (χ0n) is 52.6. The third-order valence-corrected chi connectivity index (χ3v) is 12.8. The van der Waals surface area contributed by atoms with E-state index in [0.29, 0.717) is 19.3 Å². The first-order valence-electron chi connectivity index (χ1n) is 32.6. The molecule has 0 radical (unpaired) electrons. The fourth-order valence-corrected chi connectivity index (χ4v) is 8.01. The summed E-state index contributed by atoms with van der Waals surface area (Å²) in [5, 5.41) is 0. The van der Waals surface area contributed by atoms with Crippen LogP contribution in [0.25, 0.3) is 0 Å². The van der Waals surface area contributed by atoms with Crippen LogP contribution < -0.4 is 0 Å². The molecular formula is C77H116O6. The second kappa shape index (κ2) is 68.5. The van der Waals surface area contributed by atoms with Gasteiger partial charge < -0.3 is 14.2 Å². The summed E-state index contributed by atoms with van der Waals surface area (Å²) >= 11 is 0. The topological polar surface area (TPSA) is 78.9 Å². The minimum Gasteiger partial charge on any atom is -0.462 e. The molecule has 83 heavy (non-hydrogen) atoms. The Morgan fingerprint density at radius 2 is 0.446 bits per heavy atom. The summed E-state index contributed by atoms with van der Waals surface area (Å²) in [7, 11) is 0. The van der Waals surface area contributed by atoms with E-state index in [4.69, 9.17) is 14.2 Å². The standard InChI is InChI=1S/C77H116O6/c1-4-7-10-13-16-19-22-25-28-31-33-35-37-38-40-41-43-46-49-52-55-58-61-64-67-70-76(79)82-73-74(72-81-75(78)69-66-63-60-57-54-51-48-45-30-27-24-21-18-15-12-9-6-3)83-77(80)71-68-65-62-59-56-53-50-47-44-42-39-36-34-32-29-26-23-20-17-14-11-8-5-2/h7-12,16-21,25-30,33-36,38,40,42-44,46,48,50-51,53,59,62,74H,4-6,13-15,22-24,31-32,37,39,41,45,47,49,52,54-58,60-61,63-73H2,1-3H3/b10-7-,11-8-,12-9-,19-16-,20-17-,21-18-,28-25-,29-26-,30-27-,35-33-,36-34-,40-38-,44-42-,46-43-,51-48-,53-50-,62-59-. The zero-order chi connectivity index (χ0) is 59.9. The van der Waals surface area contributed by atoms with Gasteiger partial charge in [0, 0.05) is 19.3 Å². The van der Waals surface area contributed by atoms with Crippen molar-refractivity contribution in [3.63, 3.8) is 0 Å². The summed E-state index contributed by atoms with van der Waals surface area (Å²) in [6, 6.07) is 0. The van der Waals surface area contributed by atoms with Gasteiger partial charge in [0.2, 0.25) is 0 Å². The van der Waals surface area contributed by atoms with Gasteiger partial charge in [-0.1, -0.05) is 266 Å². The fourth-order valence-electron chi connectivity index (χ4n) is 8.01. The van der Waals surface area contributed by atoms with Crippen molar-refractivity contribution in [2.24, 2.45) is 0 Å². The van der Waals surface area contributed by atoms with Gasteiger partial charge in [-0.05, 0) is 161 Å². The Morgan fingerprint density at radius 3 is 0.711 bits per heavy atom. The van der Waals surface area contributed by atoms with Crippen molar-refractivity contribution in [3.8, 4) is 0 Å². The summed E-state index contributed by atoms with van der Waals surface area (Å²) in [6.45, 7) is 6.20. The van der Waals surface area contributed by atoms with Crippen molar-refractivity contribution in [3.05, 3.63) is 207 Å². The van der Waals surface area contributed by atoms with Crippen molar-refractivity contribution in [2.45, 2.75) is 245 Å². The lowest BCUT2D eigenvalue weighted by molar-refractivity contribution is -0.167. The Labute approximate surface area is 509 Å². The van der Waals surface area contributed by atoms with E-state index < -0.39 is 6.10 Å². The first kappa shape index (κ1) is 77.0. The molecule has 1 unspecified atom stereocenters. The van der Waals surface area contributed by atoms with E-state index in [1.807, 2.05) is 0 Å². The Kier molecular flexibility index (Phi) is 63.5. The fraction of sp³-hybridized carbons (Fsp3) is 0.519. The highest BCUT2D eigenvalue weighted by Gasteiger charge is 2.19. The summed E-state index contributed by atoms with van der Waals surface area (Å²) in [6.07, 6.45) is 105. The quantitative estimate of drug-likeness (QED) is 0.0261. The maximum absolute atomic E-state index is 12.9. The van der Waals surface area contributed by atoms with E-state index in [9.17, 15) is 14.4 Å². The van der Waals surface area contributed by atoms with Gasteiger partial charge >= 0.3 is 17.9 Å². The van der Waals surface area contributed by atoms with E-state index in [1.54, 1.807) is 0 Å². The van der Waals surface area contributed by atoms with E-state index in [1.165, 1.54) is 12.8 Å². The Balaban J connectivity index is 4.60. The zero-order valence-corrected chi connectivity index (χ0v) is 52.6. The van der Waals surface area contributed by atoms with Crippen LogP contribution in [-0.4, -0.2) is 37.2 Å². The maximum Gasteiger partial charge on any atom is 0.306 e. The lowest BCUT2D eigenvalue weighted by atomic mass is 10.1. The molecule has 0 rings (SSSR count). The van der Waals surface area contributed by atoms with Crippen LogP contribution in [0.15, 0.2) is 207 Å². The molecule has 1 atom stereocenters. The minimum atomic E-state index is -0.841. The lowest BCUT2D eigenvalue weighted by Crippen LogP contribution is -2.30. The summed E-state index contributed by atoms with van der Waals surface area (Å²) in [5.41, 5.74) is 0. The van der Waals surface area contributed by atoms with Gasteiger partial charge in [0.05, 0.1) is 0 Å². The molecule has 0 saturated heterocycles. The molecule has 0 saturated carbocycles. The molecule has 0 aromatic rings. The van der Waals surface area contributed by atoms with E-state index in [-0.39, 0.29) is 37.5 Å². The number of allylic oxidation sites excluding steroid dienone is 34. The molecule has 6 nitrogen and oxygen atoms in total. The number of esters is 3. The number of rotatable bonds is 56. The summed E-state index contributed by atoms with van der Waals surface area (Å²) in [4.78, 5) is 38.4. The summed E-state index contributed by atoms with van der Waals surface area (Å²) in [5.74, 6) is -1.04. The molecule has 0 amide bonds. The van der Waals surface area contributed by atoms with E-state index in [0.717, 1.165) is 180 Å². The van der Waals surface area contributed by atoms with Gasteiger partial charge in [-0.25, -0.2) is 0 Å². The van der Waals surface area contributed by atoms with Crippen LogP contribution >= 0.6 is 0 Å². The molecule has 0 aliphatic rings. The number of hydrogen-bond acceptors (Lipinski definition) is 6. The lowest BCUT2D eigenvalue weighted by Gasteiger charge is -2.18. The molecule has 0 aromatic heterocycles. The van der Waals surface area contributed by atoms with Crippen LogP contribution in [0.1, 0.15) is 239 Å². The molecule has 0 aliphatic heterocycles. The molecule has 6 heteroatoms. The van der Waals surface area contributed by atoms with Crippen molar-refractivity contribution < 1.29 is 28.6 Å². The number of hydrogen-bond donors (Lipinski definition) is 0. The number of carbonyl (C=O) groups excluding carboxylic acids is 3. The smallest absolute Gasteiger partial charge is 0.306 e. The third kappa shape index (κ3) is 66.7. The number of ether oxygens (including phenoxy) is 3. The second-order valence-corrected chi connectivity index (χ2v) is 20.5.